The van der Waals surface area contributed by atoms with Crippen molar-refractivity contribution in [3.8, 4) is 0 Å². The number of nitrogens with zero attached hydrogens (tertiary/aromatic N) is 4. The molecule has 0 saturated carbocycles. The summed E-state index contributed by atoms with van der Waals surface area (Å²) in [5.74, 6) is 0.655. The van der Waals surface area contributed by atoms with Crippen LogP contribution in [0, 0.1) is 0 Å². The average molecular weight is 438 g/mol. The first-order valence-electron chi connectivity index (χ1n) is 9.50. The van der Waals surface area contributed by atoms with Gasteiger partial charge in [-0.05, 0) is 50.9 Å². The maximum absolute atomic E-state index is 12.4. The quantitative estimate of drug-likeness (QED) is 0.489. The van der Waals surface area contributed by atoms with Gasteiger partial charge in [0.1, 0.15) is 10.3 Å². The molecule has 4 rings (SSSR count). The number of anilines is 1. The number of furan rings is 1. The number of fused-ring (bicyclic) bond motifs is 3. The predicted molar refractivity (Wildman–Crippen MR) is 115 cm³/mol. The average Bonchev–Trinajstić information content (AvgIpc) is 3.05. The number of nitrogens with one attached hydrogen (secondary N) is 1. The van der Waals surface area contributed by atoms with Crippen molar-refractivity contribution in [1.29, 1.82) is 0 Å². The van der Waals surface area contributed by atoms with Crippen molar-refractivity contribution >= 4 is 51.0 Å². The number of aromatic nitrogens is 3. The second-order valence-electron chi connectivity index (χ2n) is 8.04. The molecule has 1 saturated heterocycles. The van der Waals surface area contributed by atoms with E-state index in [1.807, 2.05) is 33.8 Å². The van der Waals surface area contributed by atoms with Gasteiger partial charge in [-0.2, -0.15) is 4.98 Å². The van der Waals surface area contributed by atoms with Crippen LogP contribution in [0.1, 0.15) is 39.3 Å². The van der Waals surface area contributed by atoms with Crippen LogP contribution >= 0.6 is 11.6 Å². The molecule has 4 heterocycles. The lowest BCUT2D eigenvalue weighted by molar-refractivity contribution is 0.122. The Bertz CT molecular complexity index is 1030. The van der Waals surface area contributed by atoms with E-state index < -0.39 is 11.4 Å². The van der Waals surface area contributed by atoms with Crippen LogP contribution in [0.3, 0.4) is 0 Å². The van der Waals surface area contributed by atoms with Crippen LogP contribution in [0.25, 0.3) is 22.2 Å². The van der Waals surface area contributed by atoms with Crippen LogP contribution in [-0.2, 0) is 16.1 Å². The largest absolute Gasteiger partial charge is 0.598 e. The van der Waals surface area contributed by atoms with Gasteiger partial charge in [0, 0.05) is 30.6 Å². The highest BCUT2D eigenvalue weighted by atomic mass is 35.5. The number of hydrogen-bond acceptors (Lipinski definition) is 8. The Morgan fingerprint density at radius 2 is 2.00 bits per heavy atom. The summed E-state index contributed by atoms with van der Waals surface area (Å²) in [6, 6.07) is 1.80. The lowest BCUT2D eigenvalue weighted by Gasteiger charge is -2.27. The van der Waals surface area contributed by atoms with E-state index in [0.717, 1.165) is 10.9 Å². The molecule has 1 aliphatic heterocycles. The number of ether oxygens (including phenoxy) is 1. The third-order valence-electron chi connectivity index (χ3n) is 4.80. The molecule has 0 spiro atoms. The fourth-order valence-corrected chi connectivity index (χ4v) is 4.11. The van der Waals surface area contributed by atoms with E-state index in [9.17, 15) is 4.55 Å². The number of halogens is 1. The molecular formula is C19H24ClN5O3S. The number of pyridine rings is 1. The van der Waals surface area contributed by atoms with Crippen LogP contribution in [0.2, 0.25) is 5.28 Å². The highest BCUT2D eigenvalue weighted by Crippen LogP contribution is 2.34. The molecule has 156 valence electrons. The fourth-order valence-electron chi connectivity index (χ4n) is 3.14. The summed E-state index contributed by atoms with van der Waals surface area (Å²) in [4.78, 5) is 15.3. The molecule has 29 heavy (non-hydrogen) atoms. The first kappa shape index (κ1) is 20.6. The van der Waals surface area contributed by atoms with E-state index in [-0.39, 0.29) is 16.1 Å². The minimum atomic E-state index is -1.20. The van der Waals surface area contributed by atoms with E-state index >= 15 is 0 Å². The van der Waals surface area contributed by atoms with Crippen LogP contribution in [0.15, 0.2) is 16.7 Å². The highest BCUT2D eigenvalue weighted by Gasteiger charge is 2.29. The second-order valence-corrected chi connectivity index (χ2v) is 10.4. The van der Waals surface area contributed by atoms with E-state index in [0.29, 0.717) is 48.9 Å². The Morgan fingerprint density at radius 1 is 1.28 bits per heavy atom. The van der Waals surface area contributed by atoms with E-state index in [1.54, 1.807) is 6.20 Å². The predicted octanol–water partition coefficient (Wildman–Crippen LogP) is 3.37. The summed E-state index contributed by atoms with van der Waals surface area (Å²) in [5.41, 5.74) is 2.55. The molecule has 3 aromatic rings. The number of morpholine rings is 1. The maximum Gasteiger partial charge on any atom is 0.229 e. The summed E-state index contributed by atoms with van der Waals surface area (Å²) in [5, 5.41) is 0.915. The molecule has 0 aliphatic carbocycles. The van der Waals surface area contributed by atoms with Crippen molar-refractivity contribution in [2.75, 3.05) is 31.2 Å². The zero-order chi connectivity index (χ0) is 20.8. The van der Waals surface area contributed by atoms with Crippen LogP contribution in [0.5, 0.6) is 0 Å². The van der Waals surface area contributed by atoms with Gasteiger partial charge in [0.15, 0.2) is 11.4 Å². The van der Waals surface area contributed by atoms with Crippen molar-refractivity contribution in [3.63, 3.8) is 0 Å². The molecule has 0 radical (unpaired) electrons. The van der Waals surface area contributed by atoms with Gasteiger partial charge in [-0.3, -0.25) is 0 Å². The summed E-state index contributed by atoms with van der Waals surface area (Å²) >= 11 is 5.03. The summed E-state index contributed by atoms with van der Waals surface area (Å²) in [7, 11) is 0. The third-order valence-corrected chi connectivity index (χ3v) is 6.65. The minimum Gasteiger partial charge on any atom is -0.598 e. The first-order chi connectivity index (χ1) is 13.7. The van der Waals surface area contributed by atoms with E-state index in [2.05, 4.69) is 24.6 Å². The summed E-state index contributed by atoms with van der Waals surface area (Å²) < 4.78 is 26.7. The van der Waals surface area contributed by atoms with Crippen molar-refractivity contribution in [3.05, 3.63) is 23.1 Å². The molecule has 0 bridgehead atoms. The zero-order valence-electron chi connectivity index (χ0n) is 16.9. The van der Waals surface area contributed by atoms with Gasteiger partial charge in [0.05, 0.1) is 24.6 Å². The third kappa shape index (κ3) is 4.15. The van der Waals surface area contributed by atoms with Gasteiger partial charge in [-0.15, -0.1) is 4.72 Å². The molecule has 8 nitrogen and oxygen atoms in total. The van der Waals surface area contributed by atoms with Gasteiger partial charge in [0.25, 0.3) is 0 Å². The molecule has 1 N–H and O–H groups in total. The number of hydrogen-bond donors (Lipinski definition) is 1. The lowest BCUT2D eigenvalue weighted by atomic mass is 10.1. The first-order valence-corrected chi connectivity index (χ1v) is 11.0. The molecule has 2 atom stereocenters. The van der Waals surface area contributed by atoms with Crippen molar-refractivity contribution < 1.29 is 13.7 Å². The summed E-state index contributed by atoms with van der Waals surface area (Å²) in [6.07, 6.45) is 1.73. The van der Waals surface area contributed by atoms with Crippen molar-refractivity contribution in [2.45, 2.75) is 38.5 Å². The highest BCUT2D eigenvalue weighted by molar-refractivity contribution is 7.90. The molecule has 0 amide bonds. The van der Waals surface area contributed by atoms with Gasteiger partial charge in [-0.25, -0.2) is 9.97 Å². The molecule has 1 fully saturated rings. The molecule has 3 aromatic heterocycles. The summed E-state index contributed by atoms with van der Waals surface area (Å²) in [6.45, 7) is 10.4. The lowest BCUT2D eigenvalue weighted by Crippen LogP contribution is -2.40. The Morgan fingerprint density at radius 3 is 2.69 bits per heavy atom. The molecule has 0 aromatic carbocycles. The zero-order valence-corrected chi connectivity index (χ0v) is 18.4. The van der Waals surface area contributed by atoms with E-state index in [1.165, 1.54) is 0 Å². The standard InChI is InChI=1S/C19H24ClN5O3S/c1-11(24-29(26)19(2,3)4)12-9-13-14-15(28-17(13)21-10-12)16(23-18(20)22-14)25-5-7-27-8-6-25/h9-11,24H,5-8H2,1-4H3/t11?,29-/m1/s1. The monoisotopic (exact) mass is 437 g/mol. The van der Waals surface area contributed by atoms with Crippen LogP contribution in [-0.4, -0.2) is 50.6 Å². The topological polar surface area (TPSA) is 99.4 Å². The Balaban J connectivity index is 1.75. The fraction of sp³-hybridized carbons (Fsp3) is 0.526. The Labute approximate surface area is 177 Å². The molecule has 1 aliphatic rings. The van der Waals surface area contributed by atoms with Crippen molar-refractivity contribution in [1.82, 2.24) is 19.7 Å². The molecule has 10 heteroatoms. The molecule has 1 unspecified atom stereocenters. The smallest absolute Gasteiger partial charge is 0.229 e. The number of rotatable bonds is 4. The van der Waals surface area contributed by atoms with Crippen LogP contribution in [0.4, 0.5) is 5.82 Å². The van der Waals surface area contributed by atoms with Gasteiger partial charge < -0.3 is 18.6 Å². The Hall–Kier alpha value is -1.65. The molecular weight excluding hydrogens is 414 g/mol. The van der Waals surface area contributed by atoms with Gasteiger partial charge >= 0.3 is 0 Å². The normalized spacial score (nSPS) is 17.8. The Kier molecular flexibility index (Phi) is 5.60. The van der Waals surface area contributed by atoms with Crippen LogP contribution < -0.4 is 9.62 Å². The van der Waals surface area contributed by atoms with Gasteiger partial charge in [0.2, 0.25) is 11.0 Å². The minimum absolute atomic E-state index is 0.159. The van der Waals surface area contributed by atoms with Crippen molar-refractivity contribution in [2.24, 2.45) is 0 Å². The SMILES string of the molecule is CC(N[S@+]([O-])C(C)(C)C)c1cnc2oc3c(N4CCOCC4)nc(Cl)nc3c2c1. The van der Waals surface area contributed by atoms with Gasteiger partial charge in [-0.1, -0.05) is 0 Å². The van der Waals surface area contributed by atoms with E-state index in [4.69, 9.17) is 20.8 Å². The maximum atomic E-state index is 12.4. The second kappa shape index (κ2) is 7.88.